The summed E-state index contributed by atoms with van der Waals surface area (Å²) >= 11 is 0. The number of amides is 1. The van der Waals surface area contributed by atoms with Crippen molar-refractivity contribution in [3.8, 4) is 0 Å². The number of carbonyl (C=O) groups excluding carboxylic acids is 1. The molecule has 2 aromatic rings. The molecule has 0 aliphatic rings. The van der Waals surface area contributed by atoms with E-state index in [4.69, 9.17) is 9.52 Å². The average Bonchev–Trinajstić information content (AvgIpc) is 2.84. The first-order chi connectivity index (χ1) is 8.95. The van der Waals surface area contributed by atoms with Crippen LogP contribution >= 0.6 is 0 Å². The summed E-state index contributed by atoms with van der Waals surface area (Å²) in [7, 11) is 0. The van der Waals surface area contributed by atoms with E-state index in [0.29, 0.717) is 22.8 Å². The minimum absolute atomic E-state index is 0.250. The Balaban J connectivity index is 2.09. The standard InChI is InChI=1S/C12H13N3O4/c1-7-3-10(8(2)19-7)12(18)14-9-4-13-15(5-9)6-11(16)17/h3-5H,6H2,1-2H3,(H,14,18)(H,16,17). The number of hydrogen-bond donors (Lipinski definition) is 2. The lowest BCUT2D eigenvalue weighted by molar-refractivity contribution is -0.137. The number of rotatable bonds is 4. The van der Waals surface area contributed by atoms with Crippen LogP contribution in [-0.4, -0.2) is 26.8 Å². The monoisotopic (exact) mass is 263 g/mol. The molecule has 0 aromatic carbocycles. The summed E-state index contributed by atoms with van der Waals surface area (Å²) in [6.45, 7) is 3.21. The van der Waals surface area contributed by atoms with Crippen molar-refractivity contribution in [2.45, 2.75) is 20.4 Å². The van der Waals surface area contributed by atoms with Crippen LogP contribution in [0, 0.1) is 13.8 Å². The molecule has 0 bridgehead atoms. The molecule has 1 amide bonds. The first-order valence-electron chi connectivity index (χ1n) is 5.58. The van der Waals surface area contributed by atoms with Crippen molar-refractivity contribution in [3.63, 3.8) is 0 Å². The van der Waals surface area contributed by atoms with Crippen LogP contribution in [0.5, 0.6) is 0 Å². The van der Waals surface area contributed by atoms with Gasteiger partial charge >= 0.3 is 5.97 Å². The molecule has 0 radical (unpaired) electrons. The quantitative estimate of drug-likeness (QED) is 0.869. The number of anilines is 1. The summed E-state index contributed by atoms with van der Waals surface area (Å²) in [5.74, 6) is -0.122. The summed E-state index contributed by atoms with van der Waals surface area (Å²) in [5, 5.41) is 15.1. The molecule has 2 rings (SSSR count). The molecule has 0 fully saturated rings. The SMILES string of the molecule is Cc1cc(C(=O)Nc2cnn(CC(=O)O)c2)c(C)o1. The van der Waals surface area contributed by atoms with Gasteiger partial charge in [-0.2, -0.15) is 5.10 Å². The molecule has 0 unspecified atom stereocenters. The van der Waals surface area contributed by atoms with Crippen molar-refractivity contribution in [2.75, 3.05) is 5.32 Å². The van der Waals surface area contributed by atoms with Crippen LogP contribution in [0.25, 0.3) is 0 Å². The van der Waals surface area contributed by atoms with Crippen LogP contribution in [0.2, 0.25) is 0 Å². The Morgan fingerprint density at radius 3 is 2.79 bits per heavy atom. The molecule has 7 heteroatoms. The maximum absolute atomic E-state index is 12.0. The third kappa shape index (κ3) is 3.01. The Labute approximate surface area is 108 Å². The molecule has 0 atom stereocenters. The number of hydrogen-bond acceptors (Lipinski definition) is 4. The van der Waals surface area contributed by atoms with Crippen molar-refractivity contribution < 1.29 is 19.1 Å². The van der Waals surface area contributed by atoms with Crippen molar-refractivity contribution in [3.05, 3.63) is 35.5 Å². The van der Waals surface area contributed by atoms with Crippen molar-refractivity contribution >= 4 is 17.6 Å². The van der Waals surface area contributed by atoms with Crippen molar-refractivity contribution in [1.82, 2.24) is 9.78 Å². The van der Waals surface area contributed by atoms with Gasteiger partial charge in [-0.3, -0.25) is 14.3 Å². The number of aromatic nitrogens is 2. The van der Waals surface area contributed by atoms with Crippen LogP contribution < -0.4 is 5.32 Å². The summed E-state index contributed by atoms with van der Waals surface area (Å²) in [6, 6.07) is 1.65. The second kappa shape index (κ2) is 4.97. The fourth-order valence-corrected chi connectivity index (χ4v) is 1.71. The Kier molecular flexibility index (Phi) is 3.37. The summed E-state index contributed by atoms with van der Waals surface area (Å²) in [4.78, 5) is 22.5. The number of carboxylic acid groups (broad SMARTS) is 1. The minimum atomic E-state index is -0.998. The third-order valence-electron chi connectivity index (χ3n) is 2.47. The van der Waals surface area contributed by atoms with Crippen molar-refractivity contribution in [1.29, 1.82) is 0 Å². The normalized spacial score (nSPS) is 10.4. The number of aryl methyl sites for hydroxylation is 2. The van der Waals surface area contributed by atoms with Crippen LogP contribution in [0.4, 0.5) is 5.69 Å². The number of nitrogens with zero attached hydrogens (tertiary/aromatic N) is 2. The zero-order valence-corrected chi connectivity index (χ0v) is 10.5. The average molecular weight is 263 g/mol. The van der Waals surface area contributed by atoms with Gasteiger partial charge in [0.15, 0.2) is 0 Å². The van der Waals surface area contributed by atoms with Crippen LogP contribution in [0.3, 0.4) is 0 Å². The van der Waals surface area contributed by atoms with E-state index in [9.17, 15) is 9.59 Å². The van der Waals surface area contributed by atoms with E-state index in [1.807, 2.05) is 0 Å². The van der Waals surface area contributed by atoms with E-state index in [-0.39, 0.29) is 12.5 Å². The van der Waals surface area contributed by atoms with E-state index in [0.717, 1.165) is 0 Å². The van der Waals surface area contributed by atoms with Gasteiger partial charge in [-0.05, 0) is 19.9 Å². The Hall–Kier alpha value is -2.57. The van der Waals surface area contributed by atoms with E-state index in [1.165, 1.54) is 17.1 Å². The molecule has 100 valence electrons. The molecule has 0 spiro atoms. The topological polar surface area (TPSA) is 97.4 Å². The molecule has 0 saturated heterocycles. The lowest BCUT2D eigenvalue weighted by Crippen LogP contribution is -2.12. The fraction of sp³-hybridized carbons (Fsp3) is 0.250. The third-order valence-corrected chi connectivity index (χ3v) is 2.47. The highest BCUT2D eigenvalue weighted by Crippen LogP contribution is 2.15. The van der Waals surface area contributed by atoms with E-state index in [1.54, 1.807) is 19.9 Å². The summed E-state index contributed by atoms with van der Waals surface area (Å²) in [6.07, 6.45) is 2.84. The molecule has 2 aromatic heterocycles. The minimum Gasteiger partial charge on any atom is -0.480 e. The number of aliphatic carboxylic acids is 1. The smallest absolute Gasteiger partial charge is 0.325 e. The Bertz CT molecular complexity index is 627. The lowest BCUT2D eigenvalue weighted by atomic mass is 10.2. The van der Waals surface area contributed by atoms with Gasteiger partial charge < -0.3 is 14.8 Å². The van der Waals surface area contributed by atoms with Gasteiger partial charge in [0.2, 0.25) is 0 Å². The zero-order valence-electron chi connectivity index (χ0n) is 10.5. The highest BCUT2D eigenvalue weighted by molar-refractivity contribution is 6.04. The van der Waals surface area contributed by atoms with Crippen molar-refractivity contribution in [2.24, 2.45) is 0 Å². The molecule has 2 heterocycles. The second-order valence-corrected chi connectivity index (χ2v) is 4.10. The largest absolute Gasteiger partial charge is 0.480 e. The predicted octanol–water partition coefficient (Wildman–Crippen LogP) is 1.43. The lowest BCUT2D eigenvalue weighted by Gasteiger charge is -2.00. The molecule has 2 N–H and O–H groups in total. The number of carboxylic acids is 1. The van der Waals surface area contributed by atoms with E-state index in [2.05, 4.69) is 10.4 Å². The van der Waals surface area contributed by atoms with Gasteiger partial charge in [-0.15, -0.1) is 0 Å². The van der Waals surface area contributed by atoms with Crippen LogP contribution in [0.1, 0.15) is 21.9 Å². The van der Waals surface area contributed by atoms with Gasteiger partial charge in [-0.25, -0.2) is 0 Å². The molecular formula is C12H13N3O4. The maximum Gasteiger partial charge on any atom is 0.325 e. The molecular weight excluding hydrogens is 250 g/mol. The molecule has 7 nitrogen and oxygen atoms in total. The van der Waals surface area contributed by atoms with Crippen LogP contribution in [-0.2, 0) is 11.3 Å². The van der Waals surface area contributed by atoms with E-state index >= 15 is 0 Å². The summed E-state index contributed by atoms with van der Waals surface area (Å²) < 4.78 is 6.50. The van der Waals surface area contributed by atoms with Gasteiger partial charge in [-0.1, -0.05) is 0 Å². The predicted molar refractivity (Wildman–Crippen MR) is 66.0 cm³/mol. The number of carbonyl (C=O) groups is 2. The Morgan fingerprint density at radius 2 is 2.21 bits per heavy atom. The van der Waals surface area contributed by atoms with Crippen LogP contribution in [0.15, 0.2) is 22.9 Å². The highest BCUT2D eigenvalue weighted by Gasteiger charge is 2.14. The first-order valence-corrected chi connectivity index (χ1v) is 5.58. The first kappa shape index (κ1) is 12.9. The van der Waals surface area contributed by atoms with Gasteiger partial charge in [0.05, 0.1) is 17.4 Å². The fourth-order valence-electron chi connectivity index (χ4n) is 1.71. The molecule has 0 aliphatic carbocycles. The van der Waals surface area contributed by atoms with Gasteiger partial charge in [0.25, 0.3) is 5.91 Å². The molecule has 19 heavy (non-hydrogen) atoms. The van der Waals surface area contributed by atoms with Gasteiger partial charge in [0, 0.05) is 6.20 Å². The van der Waals surface area contributed by atoms with E-state index < -0.39 is 5.97 Å². The second-order valence-electron chi connectivity index (χ2n) is 4.10. The number of furan rings is 1. The summed E-state index contributed by atoms with van der Waals surface area (Å²) in [5.41, 5.74) is 0.882. The molecule has 0 aliphatic heterocycles. The van der Waals surface area contributed by atoms with Gasteiger partial charge in [0.1, 0.15) is 18.1 Å². The molecule has 0 saturated carbocycles. The Morgan fingerprint density at radius 1 is 1.47 bits per heavy atom. The number of nitrogens with one attached hydrogen (secondary N) is 1. The maximum atomic E-state index is 12.0. The highest BCUT2D eigenvalue weighted by atomic mass is 16.4. The zero-order chi connectivity index (χ0) is 14.0.